The van der Waals surface area contributed by atoms with E-state index in [1.807, 2.05) is 12.1 Å². The molecule has 1 fully saturated rings. The lowest BCUT2D eigenvalue weighted by Gasteiger charge is -2.46. The van der Waals surface area contributed by atoms with E-state index >= 15 is 0 Å². The third kappa shape index (κ3) is 3.20. The molecular weight excluding hydrogens is 262 g/mol. The second kappa shape index (κ2) is 7.20. The molecule has 21 heavy (non-hydrogen) atoms. The van der Waals surface area contributed by atoms with Crippen LogP contribution in [0.15, 0.2) is 18.3 Å². The van der Waals surface area contributed by atoms with Crippen LogP contribution in [0, 0.1) is 0 Å². The van der Waals surface area contributed by atoms with Crippen molar-refractivity contribution in [2.45, 2.75) is 57.5 Å². The van der Waals surface area contributed by atoms with E-state index in [1.165, 1.54) is 25.9 Å². The smallest absolute Gasteiger partial charge is 0.126 e. The first-order chi connectivity index (χ1) is 10.2. The van der Waals surface area contributed by atoms with Crippen molar-refractivity contribution in [2.24, 2.45) is 5.84 Å². The highest BCUT2D eigenvalue weighted by atomic mass is 15.3. The molecule has 1 aromatic heterocycles. The topological polar surface area (TPSA) is 80.2 Å². The van der Waals surface area contributed by atoms with E-state index < -0.39 is 0 Å². The maximum Gasteiger partial charge on any atom is 0.126 e. The van der Waals surface area contributed by atoms with Crippen LogP contribution in [-0.2, 0) is 6.42 Å². The summed E-state index contributed by atoms with van der Waals surface area (Å²) in [6, 6.07) is 4.17. The van der Waals surface area contributed by atoms with E-state index in [4.69, 9.17) is 11.6 Å². The largest absolute Gasteiger partial charge is 0.383 e. The van der Waals surface area contributed by atoms with Crippen LogP contribution in [0.2, 0.25) is 0 Å². The van der Waals surface area contributed by atoms with Crippen molar-refractivity contribution in [3.8, 4) is 0 Å². The lowest BCUT2D eigenvalue weighted by atomic mass is 9.80. The summed E-state index contributed by atoms with van der Waals surface area (Å²) in [6.07, 6.45) is 7.28. The Balaban J connectivity index is 2.25. The molecule has 1 unspecified atom stereocenters. The van der Waals surface area contributed by atoms with Crippen LogP contribution < -0.4 is 17.0 Å². The summed E-state index contributed by atoms with van der Waals surface area (Å²) in [6.45, 7) is 6.86. The quantitative estimate of drug-likeness (QED) is 0.526. The number of nitrogens with zero attached hydrogens (tertiary/aromatic N) is 2. The van der Waals surface area contributed by atoms with Gasteiger partial charge in [0.15, 0.2) is 0 Å². The van der Waals surface area contributed by atoms with Crippen LogP contribution in [0.5, 0.6) is 0 Å². The molecule has 0 bridgehead atoms. The Bertz CT molecular complexity index is 438. The number of pyridine rings is 1. The monoisotopic (exact) mass is 291 g/mol. The third-order valence-corrected chi connectivity index (χ3v) is 5.16. The molecule has 1 saturated heterocycles. The molecule has 0 aromatic carbocycles. The molecular formula is C16H29N5. The second-order valence-electron chi connectivity index (χ2n) is 5.98. The number of hydrogen-bond donors (Lipinski definition) is 3. The zero-order valence-electron chi connectivity index (χ0n) is 13.3. The van der Waals surface area contributed by atoms with Gasteiger partial charge in [-0.25, -0.2) is 4.98 Å². The highest BCUT2D eigenvalue weighted by molar-refractivity contribution is 5.39. The maximum absolute atomic E-state index is 6.01. The van der Waals surface area contributed by atoms with Crippen molar-refractivity contribution in [2.75, 3.05) is 18.8 Å². The molecule has 0 radical (unpaired) electrons. The van der Waals surface area contributed by atoms with Crippen molar-refractivity contribution in [3.05, 3.63) is 23.9 Å². The third-order valence-electron chi connectivity index (χ3n) is 5.16. The van der Waals surface area contributed by atoms with Crippen molar-refractivity contribution in [1.29, 1.82) is 0 Å². The molecule has 1 aliphatic heterocycles. The summed E-state index contributed by atoms with van der Waals surface area (Å²) in [4.78, 5) is 6.81. The van der Waals surface area contributed by atoms with Gasteiger partial charge in [0.05, 0.1) is 0 Å². The zero-order chi connectivity index (χ0) is 15.3. The first-order valence-electron chi connectivity index (χ1n) is 8.08. The van der Waals surface area contributed by atoms with Crippen molar-refractivity contribution in [3.63, 3.8) is 0 Å². The Morgan fingerprint density at radius 2 is 2.00 bits per heavy atom. The standard InChI is InChI=1S/C16H29N5/c1-3-16(4-2,21-10-5-6-11-21)14(20-18)12-13-8-7-9-19-15(13)17/h7-9,14,20H,3-6,10-12,18H2,1-2H3,(H2,17,19). The highest BCUT2D eigenvalue weighted by Gasteiger charge is 2.41. The predicted molar refractivity (Wildman–Crippen MR) is 87.6 cm³/mol. The Hall–Kier alpha value is -1.17. The van der Waals surface area contributed by atoms with Gasteiger partial charge < -0.3 is 5.73 Å². The molecule has 118 valence electrons. The van der Waals surface area contributed by atoms with Crippen LogP contribution in [0.1, 0.15) is 45.1 Å². The SMILES string of the molecule is CCC(CC)(C(Cc1cccnc1N)NN)N1CCCC1. The molecule has 5 nitrogen and oxygen atoms in total. The molecule has 1 aliphatic rings. The zero-order valence-corrected chi connectivity index (χ0v) is 13.3. The van der Waals surface area contributed by atoms with Crippen LogP contribution in [0.3, 0.4) is 0 Å². The number of hydrazine groups is 1. The number of nitrogens with two attached hydrogens (primary N) is 2. The van der Waals surface area contributed by atoms with E-state index in [9.17, 15) is 0 Å². The Kier molecular flexibility index (Phi) is 5.56. The van der Waals surface area contributed by atoms with Crippen molar-refractivity contribution >= 4 is 5.82 Å². The molecule has 1 aromatic rings. The van der Waals surface area contributed by atoms with Gasteiger partial charge in [0.25, 0.3) is 0 Å². The highest BCUT2D eigenvalue weighted by Crippen LogP contribution is 2.33. The summed E-state index contributed by atoms with van der Waals surface area (Å²) in [5.74, 6) is 6.55. The Labute approximate surface area is 128 Å². The number of hydrogen-bond acceptors (Lipinski definition) is 5. The fourth-order valence-electron chi connectivity index (χ4n) is 3.82. The van der Waals surface area contributed by atoms with Gasteiger partial charge >= 0.3 is 0 Å². The lowest BCUT2D eigenvalue weighted by molar-refractivity contribution is 0.0621. The fraction of sp³-hybridized carbons (Fsp3) is 0.688. The van der Waals surface area contributed by atoms with E-state index in [2.05, 4.69) is 29.2 Å². The van der Waals surface area contributed by atoms with E-state index in [1.54, 1.807) is 6.20 Å². The number of rotatable bonds is 7. The van der Waals surface area contributed by atoms with Gasteiger partial charge in [0.1, 0.15) is 5.82 Å². The van der Waals surface area contributed by atoms with Crippen LogP contribution in [-0.4, -0.2) is 34.6 Å². The van der Waals surface area contributed by atoms with Gasteiger partial charge in [0.2, 0.25) is 0 Å². The van der Waals surface area contributed by atoms with Gasteiger partial charge in [-0.05, 0) is 56.8 Å². The molecule has 0 spiro atoms. The minimum Gasteiger partial charge on any atom is -0.383 e. The molecule has 5 heteroatoms. The molecule has 2 rings (SSSR count). The number of anilines is 1. The number of nitrogen functional groups attached to an aromatic ring is 1. The number of likely N-dealkylation sites (tertiary alicyclic amines) is 1. The Morgan fingerprint density at radius 3 is 2.52 bits per heavy atom. The number of aromatic nitrogens is 1. The molecule has 2 heterocycles. The van der Waals surface area contributed by atoms with Crippen molar-refractivity contribution < 1.29 is 0 Å². The molecule has 0 aliphatic carbocycles. The summed E-state index contributed by atoms with van der Waals surface area (Å²) in [5, 5.41) is 0. The number of nitrogens with one attached hydrogen (secondary N) is 1. The maximum atomic E-state index is 6.01. The molecule has 5 N–H and O–H groups in total. The second-order valence-corrected chi connectivity index (χ2v) is 5.98. The first-order valence-corrected chi connectivity index (χ1v) is 8.08. The summed E-state index contributed by atoms with van der Waals surface area (Å²) >= 11 is 0. The normalized spacial score (nSPS) is 18.0. The van der Waals surface area contributed by atoms with Crippen molar-refractivity contribution in [1.82, 2.24) is 15.3 Å². The summed E-state index contributed by atoms with van der Waals surface area (Å²) in [7, 11) is 0. The molecule has 1 atom stereocenters. The average Bonchev–Trinajstić information content (AvgIpc) is 3.04. The van der Waals surface area contributed by atoms with Gasteiger partial charge in [-0.3, -0.25) is 16.2 Å². The molecule has 0 saturated carbocycles. The van der Waals surface area contributed by atoms with E-state index in [0.717, 1.165) is 24.8 Å². The minimum atomic E-state index is 0.0908. The van der Waals surface area contributed by atoms with Crippen LogP contribution >= 0.6 is 0 Å². The Morgan fingerprint density at radius 1 is 1.33 bits per heavy atom. The van der Waals surface area contributed by atoms with Gasteiger partial charge in [-0.2, -0.15) is 0 Å². The van der Waals surface area contributed by atoms with E-state index in [0.29, 0.717) is 5.82 Å². The van der Waals surface area contributed by atoms with Gasteiger partial charge in [0, 0.05) is 17.8 Å². The lowest BCUT2D eigenvalue weighted by Crippen LogP contribution is -2.62. The van der Waals surface area contributed by atoms with E-state index in [-0.39, 0.29) is 11.6 Å². The van der Waals surface area contributed by atoms with Crippen LogP contribution in [0.25, 0.3) is 0 Å². The van der Waals surface area contributed by atoms with Gasteiger partial charge in [-0.15, -0.1) is 0 Å². The molecule has 0 amide bonds. The minimum absolute atomic E-state index is 0.0908. The fourth-order valence-corrected chi connectivity index (χ4v) is 3.82. The summed E-state index contributed by atoms with van der Waals surface area (Å²) in [5.41, 5.74) is 10.2. The predicted octanol–water partition coefficient (Wildman–Crippen LogP) is 1.69. The van der Waals surface area contributed by atoms with Gasteiger partial charge in [-0.1, -0.05) is 19.9 Å². The first kappa shape index (κ1) is 16.2. The summed E-state index contributed by atoms with van der Waals surface area (Å²) < 4.78 is 0. The van der Waals surface area contributed by atoms with Crippen LogP contribution in [0.4, 0.5) is 5.82 Å². The average molecular weight is 291 g/mol.